The molecule has 1 aromatic rings. The first-order chi connectivity index (χ1) is 7.13. The van der Waals surface area contributed by atoms with Crippen LogP contribution in [0.25, 0.3) is 0 Å². The topological polar surface area (TPSA) is 29.9 Å². The summed E-state index contributed by atoms with van der Waals surface area (Å²) in [5.74, 6) is 0.513. The Kier molecular flexibility index (Phi) is 2.98. The standard InChI is InChI=1S/C11H18N2OS/c1-7(2)10-6-12-11(15)13(10)8-4-9(5-8)14-3/h6-9H,4-5H2,1-3H3,(H,12,15). The summed E-state index contributed by atoms with van der Waals surface area (Å²) < 4.78 is 8.40. The van der Waals surface area contributed by atoms with Crippen molar-refractivity contribution in [3.63, 3.8) is 0 Å². The fraction of sp³-hybridized carbons (Fsp3) is 0.727. The third-order valence-electron chi connectivity index (χ3n) is 3.20. The molecule has 0 aliphatic heterocycles. The SMILES string of the molecule is COC1CC(n2c(C(C)C)c[nH]c2=S)C1. The molecule has 4 heteroatoms. The van der Waals surface area contributed by atoms with E-state index in [1.165, 1.54) is 5.69 Å². The van der Waals surface area contributed by atoms with Crippen LogP contribution in [0, 0.1) is 4.77 Å². The van der Waals surface area contributed by atoms with Gasteiger partial charge in [-0.15, -0.1) is 0 Å². The van der Waals surface area contributed by atoms with Crippen LogP contribution in [0.3, 0.4) is 0 Å². The number of aromatic nitrogens is 2. The van der Waals surface area contributed by atoms with Crippen LogP contribution in [0.4, 0.5) is 0 Å². The molecule has 0 amide bonds. The van der Waals surface area contributed by atoms with Crippen LogP contribution in [0.15, 0.2) is 6.20 Å². The van der Waals surface area contributed by atoms with E-state index in [1.807, 2.05) is 6.20 Å². The van der Waals surface area contributed by atoms with E-state index in [-0.39, 0.29) is 0 Å². The predicted octanol–water partition coefficient (Wildman–Crippen LogP) is 3.02. The summed E-state index contributed by atoms with van der Waals surface area (Å²) >= 11 is 5.31. The van der Waals surface area contributed by atoms with Crippen LogP contribution >= 0.6 is 12.2 Å². The van der Waals surface area contributed by atoms with E-state index in [0.717, 1.165) is 17.6 Å². The van der Waals surface area contributed by atoms with Gasteiger partial charge in [0.2, 0.25) is 0 Å². The third kappa shape index (κ3) is 1.88. The van der Waals surface area contributed by atoms with Crippen LogP contribution in [0.2, 0.25) is 0 Å². The molecular weight excluding hydrogens is 208 g/mol. The van der Waals surface area contributed by atoms with Crippen molar-refractivity contribution in [1.29, 1.82) is 0 Å². The van der Waals surface area contributed by atoms with Gasteiger partial charge in [-0.2, -0.15) is 0 Å². The molecule has 1 aromatic heterocycles. The maximum absolute atomic E-state index is 5.31. The molecule has 3 nitrogen and oxygen atoms in total. The largest absolute Gasteiger partial charge is 0.381 e. The lowest BCUT2D eigenvalue weighted by atomic mass is 9.88. The summed E-state index contributed by atoms with van der Waals surface area (Å²) in [7, 11) is 1.78. The highest BCUT2D eigenvalue weighted by molar-refractivity contribution is 7.71. The van der Waals surface area contributed by atoms with Gasteiger partial charge in [-0.05, 0) is 31.0 Å². The average Bonchev–Trinajstić information content (AvgIpc) is 2.47. The van der Waals surface area contributed by atoms with Crippen molar-refractivity contribution in [3.8, 4) is 0 Å². The third-order valence-corrected chi connectivity index (χ3v) is 3.51. The molecule has 0 atom stereocenters. The Bertz CT molecular complexity index is 388. The van der Waals surface area contributed by atoms with Crippen LogP contribution in [-0.4, -0.2) is 22.8 Å². The molecule has 0 saturated heterocycles. The number of hydrogen-bond donors (Lipinski definition) is 1. The number of nitrogens with zero attached hydrogens (tertiary/aromatic N) is 1. The van der Waals surface area contributed by atoms with Crippen molar-refractivity contribution in [1.82, 2.24) is 9.55 Å². The van der Waals surface area contributed by atoms with Crippen LogP contribution < -0.4 is 0 Å². The van der Waals surface area contributed by atoms with Crippen molar-refractivity contribution < 1.29 is 4.74 Å². The van der Waals surface area contributed by atoms with Gasteiger partial charge in [0.05, 0.1) is 6.10 Å². The molecule has 0 radical (unpaired) electrons. The van der Waals surface area contributed by atoms with Gasteiger partial charge in [0.15, 0.2) is 4.77 Å². The lowest BCUT2D eigenvalue weighted by Gasteiger charge is -2.36. The van der Waals surface area contributed by atoms with Crippen molar-refractivity contribution in [2.24, 2.45) is 0 Å². The fourth-order valence-electron chi connectivity index (χ4n) is 2.15. The van der Waals surface area contributed by atoms with Crippen LogP contribution in [0.5, 0.6) is 0 Å². The van der Waals surface area contributed by atoms with E-state index in [1.54, 1.807) is 7.11 Å². The Morgan fingerprint density at radius 2 is 2.20 bits per heavy atom. The molecule has 0 unspecified atom stereocenters. The van der Waals surface area contributed by atoms with Gasteiger partial charge >= 0.3 is 0 Å². The Hall–Kier alpha value is -0.610. The van der Waals surface area contributed by atoms with E-state index < -0.39 is 0 Å². The zero-order valence-corrected chi connectivity index (χ0v) is 10.3. The van der Waals surface area contributed by atoms with E-state index >= 15 is 0 Å². The maximum atomic E-state index is 5.31. The van der Waals surface area contributed by atoms with Gasteiger partial charge < -0.3 is 14.3 Å². The summed E-state index contributed by atoms with van der Waals surface area (Å²) in [6, 6.07) is 0.533. The van der Waals surface area contributed by atoms with Gasteiger partial charge in [0, 0.05) is 25.0 Å². The van der Waals surface area contributed by atoms with Gasteiger partial charge in [-0.25, -0.2) is 0 Å². The first kappa shape index (κ1) is 10.9. The van der Waals surface area contributed by atoms with E-state index in [2.05, 4.69) is 23.4 Å². The highest BCUT2D eigenvalue weighted by atomic mass is 32.1. The second-order valence-electron chi connectivity index (χ2n) is 4.53. The number of methoxy groups -OCH3 is 1. The van der Waals surface area contributed by atoms with Gasteiger partial charge in [-0.1, -0.05) is 13.8 Å². The molecule has 1 aliphatic rings. The Balaban J connectivity index is 2.21. The number of imidazole rings is 1. The molecule has 1 heterocycles. The summed E-state index contributed by atoms with van der Waals surface area (Å²) in [5.41, 5.74) is 1.31. The number of rotatable bonds is 3. The predicted molar refractivity (Wildman–Crippen MR) is 62.8 cm³/mol. The number of aromatic amines is 1. The molecule has 15 heavy (non-hydrogen) atoms. The first-order valence-electron chi connectivity index (χ1n) is 5.46. The second-order valence-corrected chi connectivity index (χ2v) is 4.91. The van der Waals surface area contributed by atoms with Crippen LogP contribution in [0.1, 0.15) is 44.3 Å². The smallest absolute Gasteiger partial charge is 0.177 e. The molecule has 0 spiro atoms. The monoisotopic (exact) mass is 226 g/mol. The highest BCUT2D eigenvalue weighted by Gasteiger charge is 2.32. The molecule has 2 rings (SSSR count). The minimum atomic E-state index is 0.423. The van der Waals surface area contributed by atoms with Crippen LogP contribution in [-0.2, 0) is 4.74 Å². The first-order valence-corrected chi connectivity index (χ1v) is 5.87. The molecule has 1 aliphatic carbocycles. The summed E-state index contributed by atoms with van der Waals surface area (Å²) in [6.07, 6.45) is 4.63. The normalized spacial score (nSPS) is 25.6. The molecule has 0 bridgehead atoms. The second kappa shape index (κ2) is 4.10. The molecule has 1 fully saturated rings. The lowest BCUT2D eigenvalue weighted by Crippen LogP contribution is -2.33. The number of hydrogen-bond acceptors (Lipinski definition) is 2. The quantitative estimate of drug-likeness (QED) is 0.803. The molecule has 1 saturated carbocycles. The van der Waals surface area contributed by atoms with E-state index in [0.29, 0.717) is 18.1 Å². The zero-order chi connectivity index (χ0) is 11.0. The fourth-order valence-corrected chi connectivity index (χ4v) is 2.47. The Labute approximate surface area is 95.5 Å². The zero-order valence-electron chi connectivity index (χ0n) is 9.49. The summed E-state index contributed by atoms with van der Waals surface area (Å²) in [4.78, 5) is 3.14. The van der Waals surface area contributed by atoms with Crippen molar-refractivity contribution >= 4 is 12.2 Å². The van der Waals surface area contributed by atoms with E-state index in [4.69, 9.17) is 17.0 Å². The Morgan fingerprint density at radius 1 is 1.53 bits per heavy atom. The molecule has 84 valence electrons. The molecule has 0 aromatic carbocycles. The maximum Gasteiger partial charge on any atom is 0.177 e. The highest BCUT2D eigenvalue weighted by Crippen LogP contribution is 2.36. The average molecular weight is 226 g/mol. The molecule has 1 N–H and O–H groups in total. The summed E-state index contributed by atoms with van der Waals surface area (Å²) in [5, 5.41) is 0. The van der Waals surface area contributed by atoms with Crippen molar-refractivity contribution in [2.45, 2.75) is 44.8 Å². The minimum absolute atomic E-state index is 0.423. The molecular formula is C11H18N2OS. The lowest BCUT2D eigenvalue weighted by molar-refractivity contribution is 0.00487. The van der Waals surface area contributed by atoms with Gasteiger partial charge in [0.25, 0.3) is 0 Å². The van der Waals surface area contributed by atoms with E-state index in [9.17, 15) is 0 Å². The number of nitrogens with one attached hydrogen (secondary N) is 1. The number of H-pyrrole nitrogens is 1. The summed E-state index contributed by atoms with van der Waals surface area (Å²) in [6.45, 7) is 4.39. The minimum Gasteiger partial charge on any atom is -0.381 e. The van der Waals surface area contributed by atoms with Gasteiger partial charge in [-0.3, -0.25) is 0 Å². The van der Waals surface area contributed by atoms with Gasteiger partial charge in [0.1, 0.15) is 0 Å². The Morgan fingerprint density at radius 3 is 2.73 bits per heavy atom. The number of ether oxygens (including phenoxy) is 1. The van der Waals surface area contributed by atoms with Crippen molar-refractivity contribution in [2.75, 3.05) is 7.11 Å². The van der Waals surface area contributed by atoms with Crippen molar-refractivity contribution in [3.05, 3.63) is 16.7 Å².